The lowest BCUT2D eigenvalue weighted by Crippen LogP contribution is -2.42. The van der Waals surface area contributed by atoms with Crippen LogP contribution in [0.3, 0.4) is 0 Å². The van der Waals surface area contributed by atoms with E-state index in [0.29, 0.717) is 0 Å². The Labute approximate surface area is 368 Å². The molecule has 0 radical (unpaired) electrons. The minimum atomic E-state index is -4.27. The molecule has 3 rings (SSSR count). The fraction of sp³-hybridized carbons (Fsp3) is 0.640. The van der Waals surface area contributed by atoms with Gasteiger partial charge in [0.2, 0.25) is 0 Å². The van der Waals surface area contributed by atoms with Crippen molar-refractivity contribution in [2.75, 3.05) is 41.3 Å². The van der Waals surface area contributed by atoms with Crippen LogP contribution in [0.25, 0.3) is 0 Å². The van der Waals surface area contributed by atoms with Crippen molar-refractivity contribution in [3.05, 3.63) is 95.1 Å². The maximum atomic E-state index is 10.4. The Balaban J connectivity index is 0.000000653. The Morgan fingerprint density at radius 1 is 0.400 bits per heavy atom. The van der Waals surface area contributed by atoms with Gasteiger partial charge in [0, 0.05) is 11.1 Å². The summed E-state index contributed by atoms with van der Waals surface area (Å²) in [6.45, 7) is 13.2. The number of hydrogen-bond donors (Lipinski definition) is 0. The second-order valence-corrected chi connectivity index (χ2v) is 21.1. The molecule has 10 heteroatoms. The Bertz CT molecular complexity index is 1630. The molecule has 0 atom stereocenters. The molecule has 0 fully saturated rings. The van der Waals surface area contributed by atoms with Crippen LogP contribution in [0.15, 0.2) is 82.6 Å². The lowest BCUT2D eigenvalue weighted by molar-refractivity contribution is -0.907. The first kappa shape index (κ1) is 55.4. The smallest absolute Gasteiger partial charge is 0.124 e. The third-order valence-corrected chi connectivity index (χ3v) is 12.9. The first-order chi connectivity index (χ1) is 28.3. The van der Waals surface area contributed by atoms with Gasteiger partial charge in [0.15, 0.2) is 0 Å². The van der Waals surface area contributed by atoms with Crippen LogP contribution >= 0.6 is 0 Å². The number of benzene rings is 3. The molecular weight excluding hydrogens is 789 g/mol. The van der Waals surface area contributed by atoms with Gasteiger partial charge in [-0.3, -0.25) is 0 Å². The highest BCUT2D eigenvalue weighted by atomic mass is 32.2. The minimum Gasteiger partial charge on any atom is -0.744 e. The Hall–Kier alpha value is -2.60. The lowest BCUT2D eigenvalue weighted by atomic mass is 10.0. The SMILES string of the molecule is CCCCCCCCCCCC[N+](C)(C)Cc1ccccc1C[N+](C)(C)CCCCCCCCCCCC.Cc1ccc(S(=O)(=O)[O-])cc1.Cc1ccc(S(=O)(=O)[O-])cc1. The van der Waals surface area contributed by atoms with E-state index < -0.39 is 20.2 Å². The maximum Gasteiger partial charge on any atom is 0.124 e. The molecule has 0 aliphatic carbocycles. The molecule has 60 heavy (non-hydrogen) atoms. The van der Waals surface area contributed by atoms with E-state index in [-0.39, 0.29) is 9.79 Å². The molecule has 0 aromatic heterocycles. The predicted octanol–water partition coefficient (Wildman–Crippen LogP) is 12.5. The van der Waals surface area contributed by atoms with Gasteiger partial charge in [-0.15, -0.1) is 0 Å². The normalized spacial score (nSPS) is 12.0. The van der Waals surface area contributed by atoms with Gasteiger partial charge in [-0.05, 0) is 63.8 Å². The number of aryl methyl sites for hydroxylation is 2. The maximum absolute atomic E-state index is 10.4. The highest BCUT2D eigenvalue weighted by Gasteiger charge is 2.22. The highest BCUT2D eigenvalue weighted by molar-refractivity contribution is 7.86. The lowest BCUT2D eigenvalue weighted by Gasteiger charge is -2.33. The summed E-state index contributed by atoms with van der Waals surface area (Å²) in [5.74, 6) is 0. The van der Waals surface area contributed by atoms with Crippen LogP contribution < -0.4 is 0 Å². The Morgan fingerprint density at radius 3 is 0.900 bits per heavy atom. The van der Waals surface area contributed by atoms with E-state index in [2.05, 4.69) is 66.3 Å². The van der Waals surface area contributed by atoms with Crippen LogP contribution in [0.4, 0.5) is 0 Å². The van der Waals surface area contributed by atoms with Gasteiger partial charge < -0.3 is 18.1 Å². The second-order valence-electron chi connectivity index (χ2n) is 18.3. The minimum absolute atomic E-state index is 0.178. The van der Waals surface area contributed by atoms with Gasteiger partial charge in [0.25, 0.3) is 0 Å². The quantitative estimate of drug-likeness (QED) is 0.0408. The molecule has 3 aromatic carbocycles. The third-order valence-electron chi connectivity index (χ3n) is 11.2. The zero-order valence-electron chi connectivity index (χ0n) is 39.1. The molecule has 0 saturated carbocycles. The molecule has 0 aliphatic heterocycles. The molecule has 0 unspecified atom stereocenters. The first-order valence-corrected chi connectivity index (χ1v) is 25.9. The summed E-state index contributed by atoms with van der Waals surface area (Å²) in [6, 6.07) is 20.9. The zero-order valence-corrected chi connectivity index (χ0v) is 40.7. The van der Waals surface area contributed by atoms with Crippen LogP contribution in [0.2, 0.25) is 0 Å². The van der Waals surface area contributed by atoms with Crippen molar-refractivity contribution in [1.29, 1.82) is 0 Å². The Kier molecular flexibility index (Phi) is 28.1. The van der Waals surface area contributed by atoms with Crippen molar-refractivity contribution in [2.45, 2.75) is 179 Å². The number of nitrogens with zero attached hydrogens (tertiary/aromatic N) is 2. The summed E-state index contributed by atoms with van der Waals surface area (Å²) in [4.78, 5) is -0.355. The molecule has 3 aromatic rings. The van der Waals surface area contributed by atoms with E-state index in [1.807, 2.05) is 13.8 Å². The molecule has 0 aliphatic rings. The Morgan fingerprint density at radius 2 is 0.650 bits per heavy atom. The number of hydrogen-bond acceptors (Lipinski definition) is 6. The molecule has 0 saturated heterocycles. The van der Waals surface area contributed by atoms with Crippen molar-refractivity contribution in [2.24, 2.45) is 0 Å². The molecule has 0 spiro atoms. The van der Waals surface area contributed by atoms with Crippen molar-refractivity contribution in [3.8, 4) is 0 Å². The van der Waals surface area contributed by atoms with E-state index in [0.717, 1.165) is 33.2 Å². The largest absolute Gasteiger partial charge is 0.744 e. The molecule has 0 heterocycles. The summed E-state index contributed by atoms with van der Waals surface area (Å²) in [6.07, 6.45) is 28.4. The molecule has 342 valence electrons. The number of rotatable bonds is 28. The van der Waals surface area contributed by atoms with E-state index in [9.17, 15) is 25.9 Å². The number of unbranched alkanes of at least 4 members (excludes halogenated alkanes) is 18. The summed E-state index contributed by atoms with van der Waals surface area (Å²) < 4.78 is 64.6. The average molecular weight is 873 g/mol. The second kappa shape index (κ2) is 30.4. The fourth-order valence-electron chi connectivity index (χ4n) is 7.41. The number of quaternary nitrogens is 2. The van der Waals surface area contributed by atoms with Gasteiger partial charge >= 0.3 is 0 Å². The van der Waals surface area contributed by atoms with Crippen molar-refractivity contribution < 1.29 is 34.9 Å². The van der Waals surface area contributed by atoms with E-state index >= 15 is 0 Å². The van der Waals surface area contributed by atoms with Gasteiger partial charge in [-0.1, -0.05) is 176 Å². The van der Waals surface area contributed by atoms with Crippen LogP contribution in [-0.4, -0.2) is 76.2 Å². The summed E-state index contributed by atoms with van der Waals surface area (Å²) in [7, 11) is 1.22. The van der Waals surface area contributed by atoms with E-state index in [1.165, 1.54) is 166 Å². The monoisotopic (exact) mass is 873 g/mol. The first-order valence-electron chi connectivity index (χ1n) is 23.1. The van der Waals surface area contributed by atoms with Crippen molar-refractivity contribution in [3.63, 3.8) is 0 Å². The predicted molar refractivity (Wildman–Crippen MR) is 250 cm³/mol. The van der Waals surface area contributed by atoms with Gasteiger partial charge in [-0.2, -0.15) is 0 Å². The van der Waals surface area contributed by atoms with Gasteiger partial charge in [0.1, 0.15) is 33.3 Å². The van der Waals surface area contributed by atoms with Crippen LogP contribution in [0, 0.1) is 13.8 Å². The molecule has 8 nitrogen and oxygen atoms in total. The zero-order chi connectivity index (χ0) is 44.9. The summed E-state index contributed by atoms with van der Waals surface area (Å²) in [5.41, 5.74) is 4.99. The van der Waals surface area contributed by atoms with E-state index in [1.54, 1.807) is 35.4 Å². The third kappa shape index (κ3) is 28.1. The van der Waals surface area contributed by atoms with Crippen LogP contribution in [0.5, 0.6) is 0 Å². The van der Waals surface area contributed by atoms with Crippen LogP contribution in [-0.2, 0) is 33.3 Å². The van der Waals surface area contributed by atoms with Crippen LogP contribution in [0.1, 0.15) is 165 Å². The summed E-state index contributed by atoms with van der Waals surface area (Å²) in [5, 5.41) is 0. The van der Waals surface area contributed by atoms with Crippen molar-refractivity contribution in [1.82, 2.24) is 0 Å². The van der Waals surface area contributed by atoms with Crippen molar-refractivity contribution >= 4 is 20.2 Å². The average Bonchev–Trinajstić information content (AvgIpc) is 3.17. The topological polar surface area (TPSA) is 114 Å². The molecule has 0 N–H and O–H groups in total. The highest BCUT2D eigenvalue weighted by Crippen LogP contribution is 2.21. The fourth-order valence-corrected chi connectivity index (χ4v) is 8.35. The van der Waals surface area contributed by atoms with E-state index in [4.69, 9.17) is 0 Å². The standard InChI is InChI=1S/C36H70N2.2C7H8O3S/c1-7-9-11-13-15-17-19-21-23-27-31-37(3,4)33-35-29-25-26-30-36(35)34-38(5,6)32-28-24-22-20-18-16-14-12-10-8-2;2*1-6-2-4-7(5-3-6)11(8,9)10/h25-26,29-30H,7-24,27-28,31-34H2,1-6H3;2*2-5H,1H3,(H,8,9,10)/q+2;;/p-2. The van der Waals surface area contributed by atoms with Gasteiger partial charge in [-0.25, -0.2) is 16.8 Å². The molecule has 0 amide bonds. The molecular formula is C50H84N2O6S2. The van der Waals surface area contributed by atoms with Gasteiger partial charge in [0.05, 0.1) is 51.1 Å². The molecule has 0 bridgehead atoms. The summed E-state index contributed by atoms with van der Waals surface area (Å²) >= 11 is 0.